The van der Waals surface area contributed by atoms with Crippen molar-refractivity contribution < 1.29 is 4.79 Å². The van der Waals surface area contributed by atoms with E-state index >= 15 is 0 Å². The summed E-state index contributed by atoms with van der Waals surface area (Å²) in [5.41, 5.74) is 3.95. The second kappa shape index (κ2) is 5.67. The predicted octanol–water partition coefficient (Wildman–Crippen LogP) is 2.84. The zero-order chi connectivity index (χ0) is 17.7. The molecule has 1 fully saturated rings. The number of benzene rings is 1. The van der Waals surface area contributed by atoms with E-state index in [1.54, 1.807) is 6.07 Å². The fourth-order valence-corrected chi connectivity index (χ4v) is 3.63. The summed E-state index contributed by atoms with van der Waals surface area (Å²) in [6.45, 7) is 1.68. The van der Waals surface area contributed by atoms with Crippen molar-refractivity contribution in [3.05, 3.63) is 59.0 Å². The molecular weight excluding hydrogens is 326 g/mol. The van der Waals surface area contributed by atoms with Crippen molar-refractivity contribution in [1.29, 1.82) is 5.26 Å². The van der Waals surface area contributed by atoms with Crippen molar-refractivity contribution in [2.75, 3.05) is 6.54 Å². The van der Waals surface area contributed by atoms with E-state index in [4.69, 9.17) is 10.2 Å². The van der Waals surface area contributed by atoms with Crippen molar-refractivity contribution in [2.24, 2.45) is 0 Å². The molecule has 1 amide bonds. The van der Waals surface area contributed by atoms with Gasteiger partial charge in [0.25, 0.3) is 5.91 Å². The number of hydrogen-bond acceptors (Lipinski definition) is 4. The Balaban J connectivity index is 1.53. The molecule has 3 aromatic rings. The Morgan fingerprint density at radius 3 is 2.85 bits per heavy atom. The molecule has 0 saturated heterocycles. The lowest BCUT2D eigenvalue weighted by atomic mass is 10.0. The number of para-hydroxylation sites is 1. The molecule has 0 spiro atoms. The first-order valence-electron chi connectivity index (χ1n) is 8.89. The van der Waals surface area contributed by atoms with Gasteiger partial charge in [-0.1, -0.05) is 18.2 Å². The van der Waals surface area contributed by atoms with Crippen LogP contribution in [-0.2, 0) is 13.1 Å². The van der Waals surface area contributed by atoms with Gasteiger partial charge in [-0.3, -0.25) is 14.5 Å². The van der Waals surface area contributed by atoms with Crippen LogP contribution < -0.4 is 0 Å². The number of nitriles is 1. The van der Waals surface area contributed by atoms with Gasteiger partial charge >= 0.3 is 0 Å². The van der Waals surface area contributed by atoms with Crippen LogP contribution in [0.1, 0.15) is 46.2 Å². The molecule has 0 radical (unpaired) electrons. The minimum absolute atomic E-state index is 0.0245. The number of pyridine rings is 1. The van der Waals surface area contributed by atoms with Gasteiger partial charge in [-0.15, -0.1) is 0 Å². The molecule has 5 rings (SSSR count). The van der Waals surface area contributed by atoms with E-state index in [1.165, 1.54) is 0 Å². The van der Waals surface area contributed by atoms with Crippen molar-refractivity contribution in [3.63, 3.8) is 0 Å². The highest BCUT2D eigenvalue weighted by Gasteiger charge is 2.29. The molecule has 128 valence electrons. The first-order valence-corrected chi connectivity index (χ1v) is 8.89. The van der Waals surface area contributed by atoms with Gasteiger partial charge in [-0.2, -0.15) is 10.4 Å². The molecule has 1 aliphatic carbocycles. The average Bonchev–Trinajstić information content (AvgIpc) is 3.45. The third kappa shape index (κ3) is 2.44. The van der Waals surface area contributed by atoms with Gasteiger partial charge in [0.2, 0.25) is 0 Å². The molecule has 0 N–H and O–H groups in total. The van der Waals surface area contributed by atoms with Crippen LogP contribution in [0.15, 0.2) is 36.4 Å². The Labute approximate surface area is 150 Å². The Bertz CT molecular complexity index is 1070. The highest BCUT2D eigenvalue weighted by Crippen LogP contribution is 2.40. The van der Waals surface area contributed by atoms with Crippen LogP contribution in [0.5, 0.6) is 0 Å². The summed E-state index contributed by atoms with van der Waals surface area (Å²) >= 11 is 0. The van der Waals surface area contributed by atoms with Gasteiger partial charge in [0.1, 0.15) is 6.07 Å². The van der Waals surface area contributed by atoms with Crippen LogP contribution in [-0.4, -0.2) is 32.1 Å². The molecule has 2 aromatic heterocycles. The molecule has 0 atom stereocenters. The fourth-order valence-electron chi connectivity index (χ4n) is 3.63. The number of hydrogen-bond donors (Lipinski definition) is 0. The number of rotatable bonds is 2. The van der Waals surface area contributed by atoms with E-state index in [0.717, 1.165) is 40.7 Å². The third-order valence-corrected chi connectivity index (χ3v) is 5.16. The topological polar surface area (TPSA) is 74.8 Å². The highest BCUT2D eigenvalue weighted by atomic mass is 16.2. The largest absolute Gasteiger partial charge is 0.331 e. The molecule has 3 heterocycles. The second-order valence-electron chi connectivity index (χ2n) is 6.97. The molecule has 2 aliphatic rings. The van der Waals surface area contributed by atoms with Gasteiger partial charge in [0.15, 0.2) is 5.69 Å². The van der Waals surface area contributed by atoms with Crippen LogP contribution in [0.25, 0.3) is 10.9 Å². The maximum atomic E-state index is 13.3. The highest BCUT2D eigenvalue weighted by molar-refractivity contribution is 6.06. The predicted molar refractivity (Wildman–Crippen MR) is 95.4 cm³/mol. The van der Waals surface area contributed by atoms with Crippen LogP contribution >= 0.6 is 0 Å². The molecule has 6 heteroatoms. The van der Waals surface area contributed by atoms with Gasteiger partial charge in [0, 0.05) is 23.5 Å². The number of carbonyl (C=O) groups is 1. The summed E-state index contributed by atoms with van der Waals surface area (Å²) in [5.74, 6) is 0.517. The molecule has 0 bridgehead atoms. The van der Waals surface area contributed by atoms with Crippen molar-refractivity contribution in [2.45, 2.75) is 31.8 Å². The average molecular weight is 343 g/mol. The van der Waals surface area contributed by atoms with Crippen LogP contribution in [0.4, 0.5) is 0 Å². The summed E-state index contributed by atoms with van der Waals surface area (Å²) in [6, 6.07) is 13.7. The number of aromatic nitrogens is 3. The zero-order valence-corrected chi connectivity index (χ0v) is 14.2. The minimum Gasteiger partial charge on any atom is -0.331 e. The fraction of sp³-hybridized carbons (Fsp3) is 0.300. The Morgan fingerprint density at radius 1 is 1.19 bits per heavy atom. The molecular formula is C20H17N5O. The lowest BCUT2D eigenvalue weighted by molar-refractivity contribution is 0.0708. The first-order chi connectivity index (χ1) is 12.7. The second-order valence-corrected chi connectivity index (χ2v) is 6.97. The maximum absolute atomic E-state index is 13.3. The summed E-state index contributed by atoms with van der Waals surface area (Å²) < 4.78 is 1.82. The van der Waals surface area contributed by atoms with E-state index in [2.05, 4.69) is 11.2 Å². The zero-order valence-electron chi connectivity index (χ0n) is 14.2. The lowest BCUT2D eigenvalue weighted by Crippen LogP contribution is -2.38. The Kier molecular flexibility index (Phi) is 3.29. The van der Waals surface area contributed by atoms with E-state index < -0.39 is 0 Å². The smallest absolute Gasteiger partial charge is 0.255 e. The van der Waals surface area contributed by atoms with Gasteiger partial charge in [-0.25, -0.2) is 0 Å². The van der Waals surface area contributed by atoms with Crippen molar-refractivity contribution >= 4 is 16.8 Å². The SMILES string of the molecule is N#Cc1cc2n(n1)CCN(C(=O)c1cc(C3CC3)nc3ccccc13)C2. The lowest BCUT2D eigenvalue weighted by Gasteiger charge is -2.28. The molecule has 6 nitrogen and oxygen atoms in total. The maximum Gasteiger partial charge on any atom is 0.255 e. The first kappa shape index (κ1) is 15.1. The van der Waals surface area contributed by atoms with Gasteiger partial charge < -0.3 is 4.90 Å². The van der Waals surface area contributed by atoms with Crippen LogP contribution in [0.2, 0.25) is 0 Å². The Hall–Kier alpha value is -3.20. The van der Waals surface area contributed by atoms with Gasteiger partial charge in [-0.05, 0) is 31.0 Å². The number of fused-ring (bicyclic) bond motifs is 2. The van der Waals surface area contributed by atoms with Crippen molar-refractivity contribution in [1.82, 2.24) is 19.7 Å². The van der Waals surface area contributed by atoms with E-state index in [9.17, 15) is 4.79 Å². The standard InChI is InChI=1S/C20H17N5O/c21-11-14-9-15-12-24(7-8-25(15)23-14)20(26)17-10-19(13-5-6-13)22-18-4-2-1-3-16(17)18/h1-4,9-10,13H,5-8,12H2. The van der Waals surface area contributed by atoms with E-state index in [-0.39, 0.29) is 5.91 Å². The van der Waals surface area contributed by atoms with Gasteiger partial charge in [0.05, 0.1) is 29.9 Å². The molecule has 0 unspecified atom stereocenters. The molecule has 1 saturated carbocycles. The number of amides is 1. The molecule has 1 aromatic carbocycles. The monoisotopic (exact) mass is 343 g/mol. The number of carbonyl (C=O) groups excluding carboxylic acids is 1. The molecule has 1 aliphatic heterocycles. The molecule has 26 heavy (non-hydrogen) atoms. The quantitative estimate of drug-likeness (QED) is 0.717. The third-order valence-electron chi connectivity index (χ3n) is 5.16. The summed E-state index contributed by atoms with van der Waals surface area (Å²) in [6.07, 6.45) is 2.30. The Morgan fingerprint density at radius 2 is 2.04 bits per heavy atom. The number of nitrogens with zero attached hydrogens (tertiary/aromatic N) is 5. The van der Waals surface area contributed by atoms with Crippen LogP contribution in [0, 0.1) is 11.3 Å². The summed E-state index contributed by atoms with van der Waals surface area (Å²) in [4.78, 5) is 19.9. The van der Waals surface area contributed by atoms with E-state index in [1.807, 2.05) is 39.9 Å². The normalized spacial score (nSPS) is 16.3. The summed E-state index contributed by atoms with van der Waals surface area (Å²) in [5, 5.41) is 14.2. The summed E-state index contributed by atoms with van der Waals surface area (Å²) in [7, 11) is 0. The van der Waals surface area contributed by atoms with E-state index in [0.29, 0.717) is 31.2 Å². The minimum atomic E-state index is 0.0245. The van der Waals surface area contributed by atoms with Crippen LogP contribution in [0.3, 0.4) is 0 Å². The van der Waals surface area contributed by atoms with Crippen molar-refractivity contribution in [3.8, 4) is 6.07 Å².